The summed E-state index contributed by atoms with van der Waals surface area (Å²) in [6, 6.07) is 13.1. The molecule has 2 aromatic carbocycles. The van der Waals surface area contributed by atoms with Gasteiger partial charge in [-0.25, -0.2) is 4.39 Å². The number of rotatable bonds is 6. The maximum Gasteiger partial charge on any atom is 0.322 e. The van der Waals surface area contributed by atoms with E-state index in [-0.39, 0.29) is 29.4 Å². The normalized spacial score (nSPS) is 10.5. The summed E-state index contributed by atoms with van der Waals surface area (Å²) in [6.45, 7) is 0. The largest absolute Gasteiger partial charge is 0.497 e. The standard InChI is InChI=1S/C17H14FN3O3S/c1-23-13-4-2-3-11(9-13)16-20-21-17(24-16)19-15(22)10-25-14-7-5-12(18)6-8-14/h2-9H,10H2,1H3,(H,19,21,22). The quantitative estimate of drug-likeness (QED) is 0.678. The predicted octanol–water partition coefficient (Wildman–Crippen LogP) is 3.62. The molecule has 1 N–H and O–H groups in total. The Balaban J connectivity index is 1.58. The van der Waals surface area contributed by atoms with Crippen LogP contribution in [-0.2, 0) is 4.79 Å². The van der Waals surface area contributed by atoms with Gasteiger partial charge in [-0.15, -0.1) is 16.9 Å². The number of thioether (sulfide) groups is 1. The van der Waals surface area contributed by atoms with Crippen LogP contribution < -0.4 is 10.1 Å². The average Bonchev–Trinajstić information content (AvgIpc) is 3.10. The summed E-state index contributed by atoms with van der Waals surface area (Å²) in [5, 5.41) is 10.3. The van der Waals surface area contributed by atoms with Crippen molar-refractivity contribution < 1.29 is 18.3 Å². The van der Waals surface area contributed by atoms with Crippen molar-refractivity contribution in [1.82, 2.24) is 10.2 Å². The summed E-state index contributed by atoms with van der Waals surface area (Å²) in [7, 11) is 1.57. The van der Waals surface area contributed by atoms with Crippen LogP contribution in [0.1, 0.15) is 0 Å². The summed E-state index contributed by atoms with van der Waals surface area (Å²) in [5.41, 5.74) is 0.688. The molecule has 8 heteroatoms. The highest BCUT2D eigenvalue weighted by Gasteiger charge is 2.12. The van der Waals surface area contributed by atoms with Gasteiger partial charge in [-0.2, -0.15) is 0 Å². The Hall–Kier alpha value is -2.87. The summed E-state index contributed by atoms with van der Waals surface area (Å²) in [6.07, 6.45) is 0. The van der Waals surface area contributed by atoms with Crippen LogP contribution in [0.15, 0.2) is 57.8 Å². The molecule has 0 aliphatic heterocycles. The number of carbonyl (C=O) groups excluding carboxylic acids is 1. The Morgan fingerprint density at radius 2 is 2.04 bits per heavy atom. The number of ether oxygens (including phenoxy) is 1. The highest BCUT2D eigenvalue weighted by molar-refractivity contribution is 8.00. The molecule has 0 saturated carbocycles. The summed E-state index contributed by atoms with van der Waals surface area (Å²) < 4.78 is 23.4. The Labute approximate surface area is 147 Å². The van der Waals surface area contributed by atoms with Crippen LogP contribution in [0.4, 0.5) is 10.4 Å². The molecule has 0 bridgehead atoms. The smallest absolute Gasteiger partial charge is 0.322 e. The number of aromatic nitrogens is 2. The molecule has 0 aliphatic rings. The molecule has 0 atom stereocenters. The molecule has 0 unspecified atom stereocenters. The lowest BCUT2D eigenvalue weighted by Gasteiger charge is -2.02. The lowest BCUT2D eigenvalue weighted by Crippen LogP contribution is -2.14. The number of hydrogen-bond acceptors (Lipinski definition) is 6. The third-order valence-corrected chi connectivity index (χ3v) is 4.18. The van der Waals surface area contributed by atoms with Crippen LogP contribution >= 0.6 is 11.8 Å². The zero-order valence-electron chi connectivity index (χ0n) is 13.2. The molecule has 3 aromatic rings. The Kier molecular flexibility index (Phi) is 5.30. The molecule has 1 amide bonds. The van der Waals surface area contributed by atoms with E-state index in [0.717, 1.165) is 4.90 Å². The van der Waals surface area contributed by atoms with Gasteiger partial charge < -0.3 is 9.15 Å². The molecule has 0 fully saturated rings. The Bertz CT molecular complexity index is 868. The minimum atomic E-state index is -0.315. The maximum absolute atomic E-state index is 12.8. The molecule has 25 heavy (non-hydrogen) atoms. The number of methoxy groups -OCH3 is 1. The topological polar surface area (TPSA) is 77.3 Å². The maximum atomic E-state index is 12.8. The van der Waals surface area contributed by atoms with E-state index in [1.54, 1.807) is 43.5 Å². The lowest BCUT2D eigenvalue weighted by atomic mass is 10.2. The van der Waals surface area contributed by atoms with Crippen LogP contribution in [0, 0.1) is 5.82 Å². The van der Waals surface area contributed by atoms with E-state index in [9.17, 15) is 9.18 Å². The molecule has 1 aromatic heterocycles. The first-order chi connectivity index (χ1) is 12.1. The first-order valence-electron chi connectivity index (χ1n) is 7.30. The second-order valence-corrected chi connectivity index (χ2v) is 5.98. The minimum absolute atomic E-state index is 0.0162. The van der Waals surface area contributed by atoms with Crippen LogP contribution in [0.3, 0.4) is 0 Å². The van der Waals surface area contributed by atoms with Gasteiger partial charge in [-0.05, 0) is 42.5 Å². The predicted molar refractivity (Wildman–Crippen MR) is 92.0 cm³/mol. The van der Waals surface area contributed by atoms with Crippen molar-refractivity contribution >= 4 is 23.7 Å². The second kappa shape index (κ2) is 7.80. The van der Waals surface area contributed by atoms with Gasteiger partial charge in [0.1, 0.15) is 11.6 Å². The van der Waals surface area contributed by atoms with Crippen molar-refractivity contribution in [2.45, 2.75) is 4.90 Å². The molecular formula is C17H14FN3O3S. The number of amides is 1. The molecule has 0 radical (unpaired) electrons. The van der Waals surface area contributed by atoms with E-state index in [1.807, 2.05) is 0 Å². The van der Waals surface area contributed by atoms with Crippen LogP contribution in [-0.4, -0.2) is 29.0 Å². The number of nitrogens with one attached hydrogen (secondary N) is 1. The number of carbonyl (C=O) groups is 1. The van der Waals surface area contributed by atoms with E-state index in [1.165, 1.54) is 23.9 Å². The minimum Gasteiger partial charge on any atom is -0.497 e. The van der Waals surface area contributed by atoms with Crippen molar-refractivity contribution in [2.24, 2.45) is 0 Å². The highest BCUT2D eigenvalue weighted by Crippen LogP contribution is 2.24. The van der Waals surface area contributed by atoms with Gasteiger partial charge in [0.05, 0.1) is 12.9 Å². The monoisotopic (exact) mass is 359 g/mol. The molecular weight excluding hydrogens is 345 g/mol. The fourth-order valence-corrected chi connectivity index (χ4v) is 2.68. The number of anilines is 1. The highest BCUT2D eigenvalue weighted by atomic mass is 32.2. The van der Waals surface area contributed by atoms with Crippen molar-refractivity contribution in [1.29, 1.82) is 0 Å². The van der Waals surface area contributed by atoms with Crippen LogP contribution in [0.5, 0.6) is 5.75 Å². The fourth-order valence-electron chi connectivity index (χ4n) is 1.98. The van der Waals surface area contributed by atoms with Crippen molar-refractivity contribution in [3.05, 3.63) is 54.3 Å². The van der Waals surface area contributed by atoms with Gasteiger partial charge in [0, 0.05) is 10.5 Å². The molecule has 0 aliphatic carbocycles. The van der Waals surface area contributed by atoms with Gasteiger partial charge in [0.25, 0.3) is 0 Å². The van der Waals surface area contributed by atoms with E-state index >= 15 is 0 Å². The van der Waals surface area contributed by atoms with Gasteiger partial charge >= 0.3 is 6.01 Å². The summed E-state index contributed by atoms with van der Waals surface area (Å²) in [5.74, 6) is 0.472. The molecule has 6 nitrogen and oxygen atoms in total. The second-order valence-electron chi connectivity index (χ2n) is 4.94. The van der Waals surface area contributed by atoms with Gasteiger partial charge in [-0.1, -0.05) is 11.2 Å². The Morgan fingerprint density at radius 1 is 1.24 bits per heavy atom. The first-order valence-corrected chi connectivity index (χ1v) is 8.29. The van der Waals surface area contributed by atoms with E-state index < -0.39 is 0 Å². The zero-order chi connectivity index (χ0) is 17.6. The van der Waals surface area contributed by atoms with Crippen molar-refractivity contribution in [3.63, 3.8) is 0 Å². The molecule has 3 rings (SSSR count). The van der Waals surface area contributed by atoms with Gasteiger partial charge in [0.15, 0.2) is 0 Å². The van der Waals surface area contributed by atoms with Gasteiger partial charge in [0.2, 0.25) is 11.8 Å². The Morgan fingerprint density at radius 3 is 2.80 bits per heavy atom. The van der Waals surface area contributed by atoms with Gasteiger partial charge in [-0.3, -0.25) is 10.1 Å². The molecule has 128 valence electrons. The van der Waals surface area contributed by atoms with Crippen LogP contribution in [0.2, 0.25) is 0 Å². The lowest BCUT2D eigenvalue weighted by molar-refractivity contribution is -0.113. The first kappa shape index (κ1) is 17.0. The molecule has 0 saturated heterocycles. The summed E-state index contributed by atoms with van der Waals surface area (Å²) >= 11 is 1.28. The number of halogens is 1. The van der Waals surface area contributed by atoms with E-state index in [2.05, 4.69) is 15.5 Å². The number of nitrogens with zero attached hydrogens (tertiary/aromatic N) is 2. The van der Waals surface area contributed by atoms with E-state index in [4.69, 9.17) is 9.15 Å². The zero-order valence-corrected chi connectivity index (χ0v) is 14.0. The van der Waals surface area contributed by atoms with Crippen molar-refractivity contribution in [2.75, 3.05) is 18.2 Å². The third kappa shape index (κ3) is 4.57. The van der Waals surface area contributed by atoms with Crippen molar-refractivity contribution in [3.8, 4) is 17.2 Å². The summed E-state index contributed by atoms with van der Waals surface area (Å²) in [4.78, 5) is 12.7. The average molecular weight is 359 g/mol. The number of hydrogen-bond donors (Lipinski definition) is 1. The van der Waals surface area contributed by atoms with E-state index in [0.29, 0.717) is 11.3 Å². The molecule has 0 spiro atoms. The molecule has 1 heterocycles. The SMILES string of the molecule is COc1cccc(-c2nnc(NC(=O)CSc3ccc(F)cc3)o2)c1. The van der Waals surface area contributed by atoms with Crippen LogP contribution in [0.25, 0.3) is 11.5 Å². The third-order valence-electron chi connectivity index (χ3n) is 3.17. The fraction of sp³-hybridized carbons (Fsp3) is 0.118. The number of benzene rings is 2.